The van der Waals surface area contributed by atoms with E-state index in [1.807, 2.05) is 31.3 Å². The van der Waals surface area contributed by atoms with Crippen LogP contribution < -0.4 is 5.43 Å². The summed E-state index contributed by atoms with van der Waals surface area (Å²) < 4.78 is 5.38. The first kappa shape index (κ1) is 16.1. The molecular weight excluding hydrogens is 328 g/mol. The minimum atomic E-state index is -0.114. The van der Waals surface area contributed by atoms with E-state index in [-0.39, 0.29) is 11.3 Å². The van der Waals surface area contributed by atoms with Gasteiger partial charge in [0, 0.05) is 36.4 Å². The van der Waals surface area contributed by atoms with Crippen LogP contribution in [0.2, 0.25) is 0 Å². The summed E-state index contributed by atoms with van der Waals surface area (Å²) in [6.07, 6.45) is 3.25. The van der Waals surface area contributed by atoms with Crippen molar-refractivity contribution >= 4 is 27.8 Å². The Labute approximate surface area is 149 Å². The van der Waals surface area contributed by atoms with Crippen LogP contribution in [0.15, 0.2) is 70.2 Å². The summed E-state index contributed by atoms with van der Waals surface area (Å²) in [5.74, 6) is -0.0879. The zero-order valence-corrected chi connectivity index (χ0v) is 14.4. The Morgan fingerprint density at radius 1 is 1.12 bits per heavy atom. The van der Waals surface area contributed by atoms with E-state index in [0.717, 1.165) is 16.5 Å². The molecule has 0 radical (unpaired) electrons. The Kier molecular flexibility index (Phi) is 4.05. The van der Waals surface area contributed by atoms with E-state index in [9.17, 15) is 9.59 Å². The molecule has 2 aromatic carbocycles. The van der Waals surface area contributed by atoms with E-state index in [2.05, 4.69) is 11.1 Å². The number of hydrogen-bond acceptors (Lipinski definition) is 3. The minimum absolute atomic E-state index is 0.0879. The molecule has 0 aliphatic heterocycles. The Balaban J connectivity index is 1.63. The minimum Gasteiger partial charge on any atom is -0.464 e. The van der Waals surface area contributed by atoms with Gasteiger partial charge in [0.05, 0.1) is 11.6 Å². The molecule has 0 unspecified atom stereocenters. The first-order chi connectivity index (χ1) is 12.7. The van der Waals surface area contributed by atoms with Gasteiger partial charge in [0.25, 0.3) is 5.91 Å². The van der Waals surface area contributed by atoms with Crippen LogP contribution in [0.1, 0.15) is 22.8 Å². The van der Waals surface area contributed by atoms with Crippen LogP contribution in [0.4, 0.5) is 0 Å². The lowest BCUT2D eigenvalue weighted by Crippen LogP contribution is -2.30. The zero-order valence-electron chi connectivity index (χ0n) is 14.4. The largest absolute Gasteiger partial charge is 0.464 e. The highest BCUT2D eigenvalue weighted by molar-refractivity contribution is 5.97. The number of aromatic amines is 1. The molecular formula is C21H18N2O3. The normalized spacial score (nSPS) is 11.1. The third-order valence-corrected chi connectivity index (χ3v) is 4.57. The molecule has 0 atom stereocenters. The topological polar surface area (TPSA) is 66.3 Å². The van der Waals surface area contributed by atoms with Gasteiger partial charge in [-0.15, -0.1) is 0 Å². The number of rotatable bonds is 4. The molecule has 0 aliphatic carbocycles. The summed E-state index contributed by atoms with van der Waals surface area (Å²) in [6, 6.07) is 14.5. The van der Waals surface area contributed by atoms with Crippen molar-refractivity contribution in [3.05, 3.63) is 82.3 Å². The molecule has 0 aliphatic rings. The fraction of sp³-hybridized carbons (Fsp3) is 0.143. The van der Waals surface area contributed by atoms with Crippen LogP contribution >= 0.6 is 0 Å². The summed E-state index contributed by atoms with van der Waals surface area (Å²) in [5.41, 5.74) is 2.97. The quantitative estimate of drug-likeness (QED) is 0.609. The van der Waals surface area contributed by atoms with Crippen LogP contribution in [-0.4, -0.2) is 22.3 Å². The van der Waals surface area contributed by atoms with Gasteiger partial charge < -0.3 is 14.3 Å². The van der Waals surface area contributed by atoms with Crippen LogP contribution in [0, 0.1) is 0 Å². The van der Waals surface area contributed by atoms with Crippen molar-refractivity contribution < 1.29 is 9.21 Å². The summed E-state index contributed by atoms with van der Waals surface area (Å²) in [6.45, 7) is 3.06. The number of H-pyrrole nitrogens is 1. The van der Waals surface area contributed by atoms with Crippen molar-refractivity contribution in [2.75, 3.05) is 6.54 Å². The van der Waals surface area contributed by atoms with E-state index in [4.69, 9.17) is 4.42 Å². The molecule has 0 saturated heterocycles. The van der Waals surface area contributed by atoms with E-state index >= 15 is 0 Å². The van der Waals surface area contributed by atoms with Gasteiger partial charge in [-0.1, -0.05) is 6.07 Å². The SMILES string of the molecule is CCN(Cc1ccc2[nH]ccc2c1)C(=O)c1ccc2c(=O)ccoc2c1. The van der Waals surface area contributed by atoms with Crippen LogP contribution in [0.3, 0.4) is 0 Å². The monoisotopic (exact) mass is 346 g/mol. The summed E-state index contributed by atoms with van der Waals surface area (Å²) >= 11 is 0. The molecule has 2 aromatic heterocycles. The predicted molar refractivity (Wildman–Crippen MR) is 101 cm³/mol. The van der Waals surface area contributed by atoms with Gasteiger partial charge in [-0.2, -0.15) is 0 Å². The number of carbonyl (C=O) groups excluding carboxylic acids is 1. The van der Waals surface area contributed by atoms with Crippen LogP contribution in [-0.2, 0) is 6.54 Å². The number of carbonyl (C=O) groups is 1. The van der Waals surface area contributed by atoms with Gasteiger partial charge in [0.1, 0.15) is 5.58 Å². The number of amides is 1. The number of nitrogens with zero attached hydrogens (tertiary/aromatic N) is 1. The molecule has 5 heteroatoms. The van der Waals surface area contributed by atoms with Crippen LogP contribution in [0.25, 0.3) is 21.9 Å². The lowest BCUT2D eigenvalue weighted by molar-refractivity contribution is 0.0752. The second-order valence-electron chi connectivity index (χ2n) is 6.21. The van der Waals surface area contributed by atoms with E-state index in [1.54, 1.807) is 23.1 Å². The highest BCUT2D eigenvalue weighted by Gasteiger charge is 2.16. The van der Waals surface area contributed by atoms with Crippen LogP contribution in [0.5, 0.6) is 0 Å². The fourth-order valence-electron chi connectivity index (χ4n) is 3.15. The molecule has 4 rings (SSSR count). The lowest BCUT2D eigenvalue weighted by atomic mass is 10.1. The van der Waals surface area contributed by atoms with Gasteiger partial charge in [-0.3, -0.25) is 9.59 Å². The second kappa shape index (κ2) is 6.52. The molecule has 2 heterocycles. The van der Waals surface area contributed by atoms with E-state index in [0.29, 0.717) is 29.6 Å². The number of nitrogens with one attached hydrogen (secondary N) is 1. The van der Waals surface area contributed by atoms with Crippen molar-refractivity contribution in [3.63, 3.8) is 0 Å². The molecule has 5 nitrogen and oxygen atoms in total. The summed E-state index contributed by atoms with van der Waals surface area (Å²) in [7, 11) is 0. The molecule has 26 heavy (non-hydrogen) atoms. The van der Waals surface area contributed by atoms with Crippen molar-refractivity contribution in [2.45, 2.75) is 13.5 Å². The Morgan fingerprint density at radius 2 is 2.00 bits per heavy atom. The third-order valence-electron chi connectivity index (χ3n) is 4.57. The summed E-state index contributed by atoms with van der Waals surface area (Å²) in [4.78, 5) is 29.7. The van der Waals surface area contributed by atoms with Gasteiger partial charge in [0.2, 0.25) is 0 Å². The number of hydrogen-bond donors (Lipinski definition) is 1. The van der Waals surface area contributed by atoms with Gasteiger partial charge in [0.15, 0.2) is 5.43 Å². The molecule has 0 saturated carbocycles. The molecule has 1 N–H and O–H groups in total. The molecule has 0 spiro atoms. The summed E-state index contributed by atoms with van der Waals surface area (Å²) in [5, 5.41) is 1.60. The van der Waals surface area contributed by atoms with Gasteiger partial charge in [-0.05, 0) is 54.3 Å². The van der Waals surface area contributed by atoms with Gasteiger partial charge in [-0.25, -0.2) is 0 Å². The highest BCUT2D eigenvalue weighted by Crippen LogP contribution is 2.18. The van der Waals surface area contributed by atoms with Crippen molar-refractivity contribution in [1.82, 2.24) is 9.88 Å². The fourth-order valence-corrected chi connectivity index (χ4v) is 3.15. The molecule has 0 bridgehead atoms. The number of aromatic nitrogens is 1. The predicted octanol–water partition coefficient (Wildman–Crippen LogP) is 3.94. The van der Waals surface area contributed by atoms with Gasteiger partial charge >= 0.3 is 0 Å². The Morgan fingerprint density at radius 3 is 2.85 bits per heavy atom. The average molecular weight is 346 g/mol. The molecule has 1 amide bonds. The first-order valence-electron chi connectivity index (χ1n) is 8.52. The maximum absolute atomic E-state index is 12.9. The van der Waals surface area contributed by atoms with Crippen molar-refractivity contribution in [1.29, 1.82) is 0 Å². The standard InChI is InChI=1S/C21H18N2O3/c1-2-23(13-14-3-6-18-15(11-14)7-9-22-18)21(25)16-4-5-17-19(24)8-10-26-20(17)12-16/h3-12,22H,2,13H2,1H3. The second-order valence-corrected chi connectivity index (χ2v) is 6.21. The van der Waals surface area contributed by atoms with E-state index in [1.165, 1.54) is 12.3 Å². The first-order valence-corrected chi connectivity index (χ1v) is 8.52. The number of benzene rings is 2. The molecule has 4 aromatic rings. The smallest absolute Gasteiger partial charge is 0.254 e. The maximum atomic E-state index is 12.9. The maximum Gasteiger partial charge on any atom is 0.254 e. The Bertz CT molecular complexity index is 1160. The van der Waals surface area contributed by atoms with Crippen molar-refractivity contribution in [3.8, 4) is 0 Å². The zero-order chi connectivity index (χ0) is 18.1. The molecule has 0 fully saturated rings. The third kappa shape index (κ3) is 2.88. The van der Waals surface area contributed by atoms with Crippen molar-refractivity contribution in [2.24, 2.45) is 0 Å². The van der Waals surface area contributed by atoms with E-state index < -0.39 is 0 Å². The highest BCUT2D eigenvalue weighted by atomic mass is 16.3. The Hall–Kier alpha value is -3.34. The number of fused-ring (bicyclic) bond motifs is 2. The average Bonchev–Trinajstić information content (AvgIpc) is 3.13. The molecule has 130 valence electrons. The lowest BCUT2D eigenvalue weighted by Gasteiger charge is -2.21.